The van der Waals surface area contributed by atoms with Gasteiger partial charge in [0.25, 0.3) is 0 Å². The van der Waals surface area contributed by atoms with Crippen LogP contribution in [-0.2, 0) is 0 Å². The van der Waals surface area contributed by atoms with Crippen LogP contribution in [0.15, 0.2) is 12.3 Å². The monoisotopic (exact) mass is 196 g/mol. The van der Waals surface area contributed by atoms with Gasteiger partial charge in [0.2, 0.25) is 0 Å². The van der Waals surface area contributed by atoms with Crippen LogP contribution < -0.4 is 11.1 Å². The number of halogens is 1. The van der Waals surface area contributed by atoms with Crippen molar-refractivity contribution in [3.05, 3.63) is 23.0 Å². The number of amides is 2. The van der Waals surface area contributed by atoms with Gasteiger partial charge in [0.15, 0.2) is 5.15 Å². The van der Waals surface area contributed by atoms with Crippen molar-refractivity contribution in [3.8, 4) is 6.07 Å². The van der Waals surface area contributed by atoms with E-state index in [0.29, 0.717) is 5.56 Å². The number of primary amides is 1. The molecule has 2 amide bonds. The van der Waals surface area contributed by atoms with E-state index in [4.69, 9.17) is 22.6 Å². The number of urea groups is 1. The van der Waals surface area contributed by atoms with Crippen molar-refractivity contribution in [2.24, 2.45) is 5.73 Å². The number of nitrogens with two attached hydrogens (primary N) is 1. The van der Waals surface area contributed by atoms with Crippen LogP contribution in [-0.4, -0.2) is 11.0 Å². The number of nitriles is 1. The molecule has 0 aliphatic heterocycles. The zero-order valence-electron chi connectivity index (χ0n) is 6.41. The third-order valence-electron chi connectivity index (χ3n) is 1.23. The summed E-state index contributed by atoms with van der Waals surface area (Å²) in [6.45, 7) is 0. The lowest BCUT2D eigenvalue weighted by atomic mass is 10.3. The smallest absolute Gasteiger partial charge is 0.316 e. The Labute approximate surface area is 79.1 Å². The van der Waals surface area contributed by atoms with Crippen LogP contribution in [0.25, 0.3) is 0 Å². The Morgan fingerprint density at radius 2 is 2.46 bits per heavy atom. The molecule has 0 fully saturated rings. The molecular formula is C7H5ClN4O. The maximum atomic E-state index is 10.5. The highest BCUT2D eigenvalue weighted by Crippen LogP contribution is 2.19. The van der Waals surface area contributed by atoms with Crippen LogP contribution >= 0.6 is 11.6 Å². The maximum Gasteiger partial charge on any atom is 0.316 e. The van der Waals surface area contributed by atoms with Crippen LogP contribution in [0.1, 0.15) is 5.56 Å². The van der Waals surface area contributed by atoms with Crippen LogP contribution in [0.2, 0.25) is 5.15 Å². The molecule has 0 saturated carbocycles. The van der Waals surface area contributed by atoms with E-state index < -0.39 is 6.03 Å². The van der Waals surface area contributed by atoms with Crippen LogP contribution in [0.3, 0.4) is 0 Å². The number of nitrogens with zero attached hydrogens (tertiary/aromatic N) is 2. The Balaban J connectivity index is 3.05. The SMILES string of the molecule is N#Cc1cnc(Cl)c(NC(N)=O)c1. The number of pyridine rings is 1. The first-order valence-electron chi connectivity index (χ1n) is 3.25. The number of hydrogen-bond donors (Lipinski definition) is 2. The van der Waals surface area contributed by atoms with Gasteiger partial charge in [-0.2, -0.15) is 5.26 Å². The fourth-order valence-electron chi connectivity index (χ4n) is 0.730. The van der Waals surface area contributed by atoms with Crippen molar-refractivity contribution in [2.45, 2.75) is 0 Å². The van der Waals surface area contributed by atoms with E-state index >= 15 is 0 Å². The lowest BCUT2D eigenvalue weighted by molar-refractivity contribution is 0.259. The van der Waals surface area contributed by atoms with Crippen LogP contribution in [0, 0.1) is 11.3 Å². The standard InChI is InChI=1S/C7H5ClN4O/c8-6-5(12-7(10)13)1-4(2-9)3-11-6/h1,3H,(H3,10,12,13). The van der Waals surface area contributed by atoms with Crippen LogP contribution in [0.4, 0.5) is 10.5 Å². The van der Waals surface area contributed by atoms with E-state index in [1.165, 1.54) is 12.3 Å². The second-order valence-corrected chi connectivity index (χ2v) is 2.52. The second kappa shape index (κ2) is 3.74. The molecule has 0 saturated heterocycles. The third kappa shape index (κ3) is 2.32. The van der Waals surface area contributed by atoms with Crippen molar-refractivity contribution < 1.29 is 4.79 Å². The number of rotatable bonds is 1. The van der Waals surface area contributed by atoms with Gasteiger partial charge in [0.1, 0.15) is 6.07 Å². The molecule has 6 heteroatoms. The Hall–Kier alpha value is -1.80. The summed E-state index contributed by atoms with van der Waals surface area (Å²) in [6.07, 6.45) is 1.30. The first-order chi connectivity index (χ1) is 6.13. The van der Waals surface area contributed by atoms with Crippen molar-refractivity contribution in [1.29, 1.82) is 5.26 Å². The molecule has 0 bridgehead atoms. The van der Waals surface area contributed by atoms with Gasteiger partial charge in [0, 0.05) is 6.20 Å². The van der Waals surface area contributed by atoms with Gasteiger partial charge in [0.05, 0.1) is 11.3 Å². The maximum absolute atomic E-state index is 10.5. The lowest BCUT2D eigenvalue weighted by Gasteiger charge is -2.02. The molecule has 0 spiro atoms. The molecule has 0 unspecified atom stereocenters. The Bertz CT molecular complexity index is 385. The van der Waals surface area contributed by atoms with Crippen molar-refractivity contribution in [2.75, 3.05) is 5.32 Å². The third-order valence-corrected chi connectivity index (χ3v) is 1.53. The molecule has 0 radical (unpaired) electrons. The molecule has 1 aromatic rings. The van der Waals surface area contributed by atoms with Gasteiger partial charge in [-0.3, -0.25) is 0 Å². The number of aromatic nitrogens is 1. The highest BCUT2D eigenvalue weighted by Gasteiger charge is 2.04. The van der Waals surface area contributed by atoms with Gasteiger partial charge in [-0.1, -0.05) is 11.6 Å². The van der Waals surface area contributed by atoms with Gasteiger partial charge < -0.3 is 11.1 Å². The fraction of sp³-hybridized carbons (Fsp3) is 0. The quantitative estimate of drug-likeness (QED) is 0.659. The topological polar surface area (TPSA) is 91.8 Å². The van der Waals surface area contributed by atoms with Crippen molar-refractivity contribution in [3.63, 3.8) is 0 Å². The predicted molar refractivity (Wildman–Crippen MR) is 47.2 cm³/mol. The fourth-order valence-corrected chi connectivity index (χ4v) is 0.880. The largest absolute Gasteiger partial charge is 0.351 e. The summed E-state index contributed by atoms with van der Waals surface area (Å²) in [6, 6.07) is 2.49. The zero-order valence-corrected chi connectivity index (χ0v) is 7.17. The predicted octanol–water partition coefficient (Wildman–Crippen LogP) is 1.10. The van der Waals surface area contributed by atoms with Crippen LogP contribution in [0.5, 0.6) is 0 Å². The highest BCUT2D eigenvalue weighted by molar-refractivity contribution is 6.32. The summed E-state index contributed by atoms with van der Waals surface area (Å²) >= 11 is 5.61. The van der Waals surface area contributed by atoms with E-state index in [1.54, 1.807) is 0 Å². The molecule has 13 heavy (non-hydrogen) atoms. The number of carbonyl (C=O) groups excluding carboxylic acids is 1. The van der Waals surface area contributed by atoms with E-state index in [9.17, 15) is 4.79 Å². The van der Waals surface area contributed by atoms with E-state index in [2.05, 4.69) is 10.3 Å². The first-order valence-corrected chi connectivity index (χ1v) is 3.63. The average molecular weight is 197 g/mol. The summed E-state index contributed by atoms with van der Waals surface area (Å²) in [5.74, 6) is 0. The number of anilines is 1. The minimum atomic E-state index is -0.751. The Morgan fingerprint density at radius 3 is 3.00 bits per heavy atom. The molecule has 0 aliphatic carbocycles. The molecule has 66 valence electrons. The lowest BCUT2D eigenvalue weighted by Crippen LogP contribution is -2.19. The van der Waals surface area contributed by atoms with E-state index in [-0.39, 0.29) is 10.8 Å². The molecule has 1 heterocycles. The van der Waals surface area contributed by atoms with Gasteiger partial charge in [-0.15, -0.1) is 0 Å². The molecule has 3 N–H and O–H groups in total. The highest BCUT2D eigenvalue weighted by atomic mass is 35.5. The molecule has 0 aliphatic rings. The Kier molecular flexibility index (Phi) is 2.67. The van der Waals surface area contributed by atoms with Gasteiger partial charge in [-0.25, -0.2) is 9.78 Å². The summed E-state index contributed by atoms with van der Waals surface area (Å²) in [4.78, 5) is 14.1. The molecular weight excluding hydrogens is 192 g/mol. The van der Waals surface area contributed by atoms with E-state index in [1.807, 2.05) is 6.07 Å². The minimum Gasteiger partial charge on any atom is -0.351 e. The summed E-state index contributed by atoms with van der Waals surface area (Å²) in [5.41, 5.74) is 5.39. The Morgan fingerprint density at radius 1 is 1.77 bits per heavy atom. The molecule has 1 rings (SSSR count). The van der Waals surface area contributed by atoms with Crippen molar-refractivity contribution >= 4 is 23.3 Å². The normalized spacial score (nSPS) is 8.92. The second-order valence-electron chi connectivity index (χ2n) is 2.16. The number of carbonyl (C=O) groups is 1. The van der Waals surface area contributed by atoms with Gasteiger partial charge in [-0.05, 0) is 6.07 Å². The van der Waals surface area contributed by atoms with E-state index in [0.717, 1.165) is 0 Å². The van der Waals surface area contributed by atoms with Gasteiger partial charge >= 0.3 is 6.03 Å². The minimum absolute atomic E-state index is 0.0952. The number of nitrogens with one attached hydrogen (secondary N) is 1. The molecule has 0 aromatic carbocycles. The molecule has 0 atom stereocenters. The number of hydrogen-bond acceptors (Lipinski definition) is 3. The summed E-state index contributed by atoms with van der Waals surface area (Å²) < 4.78 is 0. The zero-order chi connectivity index (χ0) is 9.84. The summed E-state index contributed by atoms with van der Waals surface area (Å²) in [5, 5.41) is 10.8. The molecule has 5 nitrogen and oxygen atoms in total. The van der Waals surface area contributed by atoms with Crippen molar-refractivity contribution in [1.82, 2.24) is 4.98 Å². The summed E-state index contributed by atoms with van der Waals surface area (Å²) in [7, 11) is 0. The average Bonchev–Trinajstić information content (AvgIpc) is 2.08. The first kappa shape index (κ1) is 9.29. The molecule has 1 aromatic heterocycles.